The van der Waals surface area contributed by atoms with Gasteiger partial charge in [0, 0.05) is 43.9 Å². The van der Waals surface area contributed by atoms with E-state index >= 15 is 0 Å². The van der Waals surface area contributed by atoms with Crippen LogP contribution in [0.4, 0.5) is 0 Å². The largest absolute Gasteiger partial charge is 0.456 e. The van der Waals surface area contributed by atoms with Gasteiger partial charge in [0.2, 0.25) is 0 Å². The Morgan fingerprint density at radius 3 is 1.72 bits per heavy atom. The summed E-state index contributed by atoms with van der Waals surface area (Å²) in [5.41, 5.74) is 10.1. The van der Waals surface area contributed by atoms with E-state index in [-0.39, 0.29) is 0 Å². The van der Waals surface area contributed by atoms with Crippen molar-refractivity contribution in [1.29, 1.82) is 0 Å². The molecule has 0 atom stereocenters. The van der Waals surface area contributed by atoms with Crippen LogP contribution in [0.5, 0.6) is 0 Å². The molecule has 5 nitrogen and oxygen atoms in total. The number of benzene rings is 7. The van der Waals surface area contributed by atoms with Crippen LogP contribution >= 0.6 is 0 Å². The van der Waals surface area contributed by atoms with Crippen LogP contribution in [-0.4, -0.2) is 19.5 Å². The van der Waals surface area contributed by atoms with Crippen LogP contribution < -0.4 is 0 Å². The van der Waals surface area contributed by atoms with Crippen molar-refractivity contribution in [2.24, 2.45) is 0 Å². The summed E-state index contributed by atoms with van der Waals surface area (Å²) in [5, 5.41) is 4.43. The molecule has 0 saturated carbocycles. The second-order valence-corrected chi connectivity index (χ2v) is 12.4. The summed E-state index contributed by atoms with van der Waals surface area (Å²) >= 11 is 0. The topological polar surface area (TPSA) is 56.7 Å². The van der Waals surface area contributed by atoms with Crippen molar-refractivity contribution in [2.45, 2.75) is 0 Å². The van der Waals surface area contributed by atoms with Gasteiger partial charge in [-0.05, 0) is 53.6 Å². The zero-order valence-corrected chi connectivity index (χ0v) is 26.9. The lowest BCUT2D eigenvalue weighted by Gasteiger charge is -2.10. The number of fused-ring (bicyclic) bond motifs is 6. The number of aromatic nitrogens is 4. The first-order valence-corrected chi connectivity index (χ1v) is 16.7. The van der Waals surface area contributed by atoms with Crippen LogP contribution in [0.25, 0.3) is 94.7 Å². The third kappa shape index (κ3) is 4.52. The van der Waals surface area contributed by atoms with Gasteiger partial charge in [-0.15, -0.1) is 0 Å². The molecule has 10 rings (SSSR count). The number of furan rings is 1. The van der Waals surface area contributed by atoms with Gasteiger partial charge < -0.3 is 8.98 Å². The Morgan fingerprint density at radius 1 is 0.380 bits per heavy atom. The van der Waals surface area contributed by atoms with E-state index in [0.29, 0.717) is 17.5 Å². The number of nitrogens with zero attached hydrogens (tertiary/aromatic N) is 4. The SMILES string of the molecule is c1ccc(-c2nc(-c3ccccc3)nc(-c3cccc4oc5ccc(-c6cccc7c6c6ccccc6n7-c6ccccc6)cc5c34)n2)cc1. The Bertz CT molecular complexity index is 2800. The third-order valence-electron chi connectivity index (χ3n) is 9.46. The Labute approximate surface area is 287 Å². The molecular formula is C45H28N4O. The molecule has 50 heavy (non-hydrogen) atoms. The van der Waals surface area contributed by atoms with E-state index in [1.54, 1.807) is 0 Å². The van der Waals surface area contributed by atoms with Crippen molar-refractivity contribution >= 4 is 43.7 Å². The average molecular weight is 641 g/mol. The molecule has 0 N–H and O–H groups in total. The molecule has 0 spiro atoms. The number of para-hydroxylation sites is 2. The van der Waals surface area contributed by atoms with Crippen molar-refractivity contribution in [3.8, 4) is 51.0 Å². The highest BCUT2D eigenvalue weighted by molar-refractivity contribution is 6.17. The second kappa shape index (κ2) is 11.4. The molecular weight excluding hydrogens is 613 g/mol. The minimum absolute atomic E-state index is 0.601. The Kier molecular flexibility index (Phi) is 6.42. The Balaban J connectivity index is 1.21. The van der Waals surface area contributed by atoms with Crippen molar-refractivity contribution < 1.29 is 4.42 Å². The summed E-state index contributed by atoms with van der Waals surface area (Å²) in [4.78, 5) is 15.0. The zero-order chi connectivity index (χ0) is 33.0. The highest BCUT2D eigenvalue weighted by Gasteiger charge is 2.20. The first-order valence-electron chi connectivity index (χ1n) is 16.7. The molecule has 0 unspecified atom stereocenters. The second-order valence-electron chi connectivity index (χ2n) is 12.4. The molecule has 234 valence electrons. The highest BCUT2D eigenvalue weighted by Crippen LogP contribution is 2.42. The van der Waals surface area contributed by atoms with Crippen LogP contribution in [0.3, 0.4) is 0 Å². The van der Waals surface area contributed by atoms with Crippen molar-refractivity contribution in [1.82, 2.24) is 19.5 Å². The van der Waals surface area contributed by atoms with Gasteiger partial charge in [-0.2, -0.15) is 0 Å². The maximum atomic E-state index is 6.48. The van der Waals surface area contributed by atoms with Gasteiger partial charge in [0.1, 0.15) is 11.2 Å². The van der Waals surface area contributed by atoms with E-state index in [9.17, 15) is 0 Å². The van der Waals surface area contributed by atoms with E-state index in [2.05, 4.69) is 102 Å². The molecule has 5 heteroatoms. The van der Waals surface area contributed by atoms with Crippen molar-refractivity contribution in [2.75, 3.05) is 0 Å². The number of rotatable bonds is 5. The van der Waals surface area contributed by atoms with Crippen LogP contribution in [0, 0.1) is 0 Å². The molecule has 0 saturated heterocycles. The van der Waals surface area contributed by atoms with Gasteiger partial charge in [-0.3, -0.25) is 0 Å². The summed E-state index contributed by atoms with van der Waals surface area (Å²) in [6.07, 6.45) is 0. The van der Waals surface area contributed by atoms with Crippen LogP contribution in [0.1, 0.15) is 0 Å². The molecule has 0 radical (unpaired) electrons. The smallest absolute Gasteiger partial charge is 0.164 e. The maximum Gasteiger partial charge on any atom is 0.164 e. The lowest BCUT2D eigenvalue weighted by molar-refractivity contribution is 0.669. The summed E-state index contributed by atoms with van der Waals surface area (Å²) in [5.74, 6) is 1.85. The number of hydrogen-bond acceptors (Lipinski definition) is 4. The van der Waals surface area contributed by atoms with Crippen LogP contribution in [0.2, 0.25) is 0 Å². The molecule has 0 amide bonds. The molecule has 3 heterocycles. The van der Waals surface area contributed by atoms with Gasteiger partial charge in [0.05, 0.1) is 11.0 Å². The maximum absolute atomic E-state index is 6.48. The molecule has 0 aliphatic rings. The fraction of sp³-hybridized carbons (Fsp3) is 0. The van der Waals surface area contributed by atoms with Crippen LogP contribution in [-0.2, 0) is 0 Å². The molecule has 3 aromatic heterocycles. The van der Waals surface area contributed by atoms with Gasteiger partial charge >= 0.3 is 0 Å². The van der Waals surface area contributed by atoms with Crippen molar-refractivity contribution in [3.63, 3.8) is 0 Å². The third-order valence-corrected chi connectivity index (χ3v) is 9.46. The van der Waals surface area contributed by atoms with E-state index in [4.69, 9.17) is 19.4 Å². The molecule has 10 aromatic rings. The summed E-state index contributed by atoms with van der Waals surface area (Å²) in [6, 6.07) is 58.6. The lowest BCUT2D eigenvalue weighted by atomic mass is 9.97. The quantitative estimate of drug-likeness (QED) is 0.188. The van der Waals surface area contributed by atoms with E-state index < -0.39 is 0 Å². The van der Waals surface area contributed by atoms with Gasteiger partial charge in [-0.25, -0.2) is 15.0 Å². The first-order chi connectivity index (χ1) is 24.8. The summed E-state index contributed by atoms with van der Waals surface area (Å²) < 4.78 is 8.83. The predicted octanol–water partition coefficient (Wildman–Crippen LogP) is 11.5. The average Bonchev–Trinajstić information content (AvgIpc) is 3.74. The fourth-order valence-electron chi connectivity index (χ4n) is 7.22. The standard InChI is InChI=1S/C45H28N4O/c1-4-14-29(15-5-1)43-46-44(30-16-6-2-7-17-30)48-45(47-43)35-22-13-25-40-42(35)36-28-31(26-27-39(36)50-40)33-21-12-24-38-41(33)34-20-10-11-23-37(34)49(38)32-18-8-3-9-19-32/h1-28H. The first kappa shape index (κ1) is 28.2. The predicted molar refractivity (Wildman–Crippen MR) is 203 cm³/mol. The van der Waals surface area contributed by atoms with E-state index in [1.807, 2.05) is 72.8 Å². The normalized spacial score (nSPS) is 11.6. The van der Waals surface area contributed by atoms with E-state index in [0.717, 1.165) is 49.9 Å². The fourth-order valence-corrected chi connectivity index (χ4v) is 7.22. The molecule has 7 aromatic carbocycles. The van der Waals surface area contributed by atoms with Gasteiger partial charge in [0.15, 0.2) is 17.5 Å². The monoisotopic (exact) mass is 640 g/mol. The molecule has 0 aliphatic heterocycles. The summed E-state index contributed by atoms with van der Waals surface area (Å²) in [6.45, 7) is 0. The highest BCUT2D eigenvalue weighted by atomic mass is 16.3. The zero-order valence-electron chi connectivity index (χ0n) is 26.9. The lowest BCUT2D eigenvalue weighted by Crippen LogP contribution is -2.00. The minimum atomic E-state index is 0.601. The van der Waals surface area contributed by atoms with E-state index in [1.165, 1.54) is 27.4 Å². The van der Waals surface area contributed by atoms with Crippen LogP contribution in [0.15, 0.2) is 174 Å². The van der Waals surface area contributed by atoms with Gasteiger partial charge in [-0.1, -0.05) is 127 Å². The Hall–Kier alpha value is -6.85. The number of hydrogen-bond donors (Lipinski definition) is 0. The minimum Gasteiger partial charge on any atom is -0.456 e. The Morgan fingerprint density at radius 2 is 0.980 bits per heavy atom. The summed E-state index contributed by atoms with van der Waals surface area (Å²) in [7, 11) is 0. The molecule has 0 aliphatic carbocycles. The molecule has 0 fully saturated rings. The molecule has 0 bridgehead atoms. The van der Waals surface area contributed by atoms with Crippen molar-refractivity contribution in [3.05, 3.63) is 170 Å². The van der Waals surface area contributed by atoms with Gasteiger partial charge in [0.25, 0.3) is 0 Å².